The quantitative estimate of drug-likeness (QED) is 0.810. The molecule has 0 aliphatic carbocycles. The normalized spacial score (nSPS) is 11.7. The molecule has 2 aromatic rings. The molecule has 0 aliphatic rings. The second kappa shape index (κ2) is 7.01. The Labute approximate surface area is 140 Å². The Hall–Kier alpha value is -2.06. The van der Waals surface area contributed by atoms with Crippen molar-refractivity contribution in [2.24, 2.45) is 0 Å². The Balaban J connectivity index is 1.98. The number of hydrogen-bond acceptors (Lipinski definition) is 2. The van der Waals surface area contributed by atoms with Crippen LogP contribution in [0.3, 0.4) is 0 Å². The highest BCUT2D eigenvalue weighted by atomic mass is 15.1. The van der Waals surface area contributed by atoms with Crippen LogP contribution in [0.15, 0.2) is 55.1 Å². The van der Waals surface area contributed by atoms with Gasteiger partial charge in [-0.2, -0.15) is 0 Å². The molecule has 2 rings (SSSR count). The van der Waals surface area contributed by atoms with Crippen molar-refractivity contribution in [3.8, 4) is 0 Å². The monoisotopic (exact) mass is 308 g/mol. The van der Waals surface area contributed by atoms with Gasteiger partial charge in [0.05, 0.1) is 0 Å². The van der Waals surface area contributed by atoms with E-state index >= 15 is 0 Å². The van der Waals surface area contributed by atoms with Gasteiger partial charge in [-0.3, -0.25) is 4.90 Å². The molecule has 0 spiro atoms. The summed E-state index contributed by atoms with van der Waals surface area (Å²) < 4.78 is 0. The number of nitrogens with two attached hydrogens (primary N) is 1. The fourth-order valence-electron chi connectivity index (χ4n) is 2.71. The van der Waals surface area contributed by atoms with Crippen LogP contribution in [0, 0.1) is 0 Å². The molecular formula is C21H28N2. The van der Waals surface area contributed by atoms with Crippen molar-refractivity contribution in [3.63, 3.8) is 0 Å². The van der Waals surface area contributed by atoms with Gasteiger partial charge >= 0.3 is 0 Å². The minimum atomic E-state index is 0.198. The molecule has 0 amide bonds. The van der Waals surface area contributed by atoms with E-state index in [1.54, 1.807) is 0 Å². The Morgan fingerprint density at radius 2 is 1.65 bits per heavy atom. The van der Waals surface area contributed by atoms with Crippen LogP contribution in [0.4, 0.5) is 5.69 Å². The average Bonchev–Trinajstić information content (AvgIpc) is 2.47. The summed E-state index contributed by atoms with van der Waals surface area (Å²) in [6.07, 6.45) is 0. The van der Waals surface area contributed by atoms with Crippen LogP contribution in [-0.2, 0) is 12.0 Å². The third kappa shape index (κ3) is 4.70. The number of nitrogens with zero attached hydrogens (tertiary/aromatic N) is 1. The van der Waals surface area contributed by atoms with E-state index in [1.165, 1.54) is 11.1 Å². The molecule has 23 heavy (non-hydrogen) atoms. The first kappa shape index (κ1) is 17.3. The van der Waals surface area contributed by atoms with Crippen molar-refractivity contribution in [3.05, 3.63) is 71.8 Å². The lowest BCUT2D eigenvalue weighted by Crippen LogP contribution is -2.20. The maximum Gasteiger partial charge on any atom is 0.0390 e. The van der Waals surface area contributed by atoms with Gasteiger partial charge in [0.25, 0.3) is 0 Å². The third-order valence-corrected chi connectivity index (χ3v) is 4.07. The van der Waals surface area contributed by atoms with Gasteiger partial charge in [-0.25, -0.2) is 0 Å². The molecule has 0 heterocycles. The standard InChI is InChI=1S/C21H28N2/c1-16(19-8-6-7-9-20(19)22)14-23(5)15-17-10-12-18(13-11-17)21(2,3)4/h6-13H,1,14-15,22H2,2-5H3. The van der Waals surface area contributed by atoms with Crippen LogP contribution in [-0.4, -0.2) is 18.5 Å². The number of anilines is 1. The summed E-state index contributed by atoms with van der Waals surface area (Å²) in [5.41, 5.74) is 11.8. The zero-order valence-corrected chi connectivity index (χ0v) is 14.8. The van der Waals surface area contributed by atoms with E-state index in [4.69, 9.17) is 5.73 Å². The second-order valence-electron chi connectivity index (χ2n) is 7.31. The molecule has 2 aromatic carbocycles. The number of likely N-dealkylation sites (N-methyl/N-ethyl adjacent to an activating group) is 1. The van der Waals surface area contributed by atoms with Crippen LogP contribution < -0.4 is 5.73 Å². The highest BCUT2D eigenvalue weighted by molar-refractivity contribution is 5.74. The molecule has 0 aromatic heterocycles. The van der Waals surface area contributed by atoms with Gasteiger partial charge in [0.2, 0.25) is 0 Å². The second-order valence-corrected chi connectivity index (χ2v) is 7.31. The Morgan fingerprint density at radius 3 is 2.22 bits per heavy atom. The lowest BCUT2D eigenvalue weighted by molar-refractivity contribution is 0.369. The maximum absolute atomic E-state index is 6.03. The third-order valence-electron chi connectivity index (χ3n) is 4.07. The molecule has 0 radical (unpaired) electrons. The minimum absolute atomic E-state index is 0.198. The van der Waals surface area contributed by atoms with Crippen molar-refractivity contribution in [1.82, 2.24) is 4.90 Å². The van der Waals surface area contributed by atoms with Crippen molar-refractivity contribution in [1.29, 1.82) is 0 Å². The molecular weight excluding hydrogens is 280 g/mol. The number of benzene rings is 2. The van der Waals surface area contributed by atoms with Crippen LogP contribution in [0.25, 0.3) is 5.57 Å². The maximum atomic E-state index is 6.03. The predicted molar refractivity (Wildman–Crippen MR) is 101 cm³/mol. The highest BCUT2D eigenvalue weighted by Gasteiger charge is 2.13. The van der Waals surface area contributed by atoms with Crippen molar-refractivity contribution >= 4 is 11.3 Å². The van der Waals surface area contributed by atoms with Gasteiger partial charge in [0.15, 0.2) is 0 Å². The van der Waals surface area contributed by atoms with Crippen molar-refractivity contribution < 1.29 is 0 Å². The summed E-state index contributed by atoms with van der Waals surface area (Å²) in [6, 6.07) is 16.8. The van der Waals surface area contributed by atoms with E-state index < -0.39 is 0 Å². The number of para-hydroxylation sites is 1. The van der Waals surface area contributed by atoms with Gasteiger partial charge in [0.1, 0.15) is 0 Å². The predicted octanol–water partition coefficient (Wildman–Crippen LogP) is 4.71. The van der Waals surface area contributed by atoms with Crippen LogP contribution in [0.1, 0.15) is 37.5 Å². The summed E-state index contributed by atoms with van der Waals surface area (Å²) in [5, 5.41) is 0. The fraction of sp³-hybridized carbons (Fsp3) is 0.333. The van der Waals surface area contributed by atoms with Gasteiger partial charge in [-0.15, -0.1) is 0 Å². The smallest absolute Gasteiger partial charge is 0.0390 e. The molecule has 0 fully saturated rings. The highest BCUT2D eigenvalue weighted by Crippen LogP contribution is 2.23. The topological polar surface area (TPSA) is 29.3 Å². The largest absolute Gasteiger partial charge is 0.398 e. The van der Waals surface area contributed by atoms with Crippen LogP contribution >= 0.6 is 0 Å². The first-order chi connectivity index (χ1) is 10.8. The number of hydrogen-bond donors (Lipinski definition) is 1. The lowest BCUT2D eigenvalue weighted by Gasteiger charge is -2.21. The molecule has 0 saturated carbocycles. The van der Waals surface area contributed by atoms with Crippen LogP contribution in [0.2, 0.25) is 0 Å². The molecule has 2 nitrogen and oxygen atoms in total. The zero-order chi connectivity index (χ0) is 17.0. The lowest BCUT2D eigenvalue weighted by atomic mass is 9.87. The van der Waals surface area contributed by atoms with E-state index in [1.807, 2.05) is 24.3 Å². The number of rotatable bonds is 5. The van der Waals surface area contributed by atoms with Crippen molar-refractivity contribution in [2.45, 2.75) is 32.7 Å². The Morgan fingerprint density at radius 1 is 1.04 bits per heavy atom. The van der Waals surface area contributed by atoms with Crippen molar-refractivity contribution in [2.75, 3.05) is 19.3 Å². The van der Waals surface area contributed by atoms with E-state index in [2.05, 4.69) is 63.6 Å². The summed E-state index contributed by atoms with van der Waals surface area (Å²) in [7, 11) is 2.11. The molecule has 2 N–H and O–H groups in total. The minimum Gasteiger partial charge on any atom is -0.398 e. The first-order valence-electron chi connectivity index (χ1n) is 8.08. The molecule has 0 unspecified atom stereocenters. The van der Waals surface area contributed by atoms with Crippen LogP contribution in [0.5, 0.6) is 0 Å². The number of nitrogen functional groups attached to an aromatic ring is 1. The molecule has 0 atom stereocenters. The van der Waals surface area contributed by atoms with Gasteiger partial charge in [-0.05, 0) is 35.2 Å². The molecule has 0 saturated heterocycles. The summed E-state index contributed by atoms with van der Waals surface area (Å²) in [4.78, 5) is 2.26. The molecule has 0 aliphatic heterocycles. The first-order valence-corrected chi connectivity index (χ1v) is 8.08. The molecule has 2 heteroatoms. The van der Waals surface area contributed by atoms with E-state index in [0.717, 1.165) is 29.9 Å². The van der Waals surface area contributed by atoms with Gasteiger partial charge < -0.3 is 5.73 Å². The van der Waals surface area contributed by atoms with E-state index in [0.29, 0.717) is 0 Å². The summed E-state index contributed by atoms with van der Waals surface area (Å²) >= 11 is 0. The summed E-state index contributed by atoms with van der Waals surface area (Å²) in [6.45, 7) is 12.6. The van der Waals surface area contributed by atoms with E-state index in [-0.39, 0.29) is 5.41 Å². The van der Waals surface area contributed by atoms with E-state index in [9.17, 15) is 0 Å². The summed E-state index contributed by atoms with van der Waals surface area (Å²) in [5.74, 6) is 0. The average molecular weight is 308 g/mol. The molecule has 0 bridgehead atoms. The van der Waals surface area contributed by atoms with Gasteiger partial charge in [0, 0.05) is 24.3 Å². The Kier molecular flexibility index (Phi) is 5.27. The fourth-order valence-corrected chi connectivity index (χ4v) is 2.71. The molecule has 122 valence electrons. The Bertz CT molecular complexity index is 663. The SMILES string of the molecule is C=C(CN(C)Cc1ccc(C(C)(C)C)cc1)c1ccccc1N. The zero-order valence-electron chi connectivity index (χ0n) is 14.8. The van der Waals surface area contributed by atoms with Gasteiger partial charge in [-0.1, -0.05) is 69.8 Å².